The van der Waals surface area contributed by atoms with Crippen LogP contribution in [-0.4, -0.2) is 30.2 Å². The van der Waals surface area contributed by atoms with E-state index in [2.05, 4.69) is 5.10 Å². The summed E-state index contributed by atoms with van der Waals surface area (Å²) in [4.78, 5) is 0. The molecule has 0 bridgehead atoms. The Bertz CT molecular complexity index is 588. The molecule has 0 radical (unpaired) electrons. The molecule has 0 atom stereocenters. The average Bonchev–Trinajstić information content (AvgIpc) is 2.75. The lowest BCUT2D eigenvalue weighted by Crippen LogP contribution is -2.11. The molecule has 0 aliphatic rings. The largest absolute Gasteiger partial charge is 0.271 e. The summed E-state index contributed by atoms with van der Waals surface area (Å²) in [5.74, 6) is 0.114. The summed E-state index contributed by atoms with van der Waals surface area (Å²) in [5.41, 5.74) is 1.89. The normalized spacial score (nSPS) is 11.6. The number of aryl methyl sites for hydroxylation is 1. The molecule has 17 heavy (non-hydrogen) atoms. The maximum absolute atomic E-state index is 11.0. The molecular formula is C12H14N2O2S. The highest BCUT2D eigenvalue weighted by Crippen LogP contribution is 2.15. The van der Waals surface area contributed by atoms with Gasteiger partial charge in [-0.25, -0.2) is 8.42 Å². The Balaban J connectivity index is 2.12. The molecule has 1 aromatic carbocycles. The van der Waals surface area contributed by atoms with Gasteiger partial charge in [-0.2, -0.15) is 5.10 Å². The summed E-state index contributed by atoms with van der Waals surface area (Å²) < 4.78 is 23.7. The van der Waals surface area contributed by atoms with E-state index in [1.807, 2.05) is 36.4 Å². The third kappa shape index (κ3) is 3.42. The van der Waals surface area contributed by atoms with Gasteiger partial charge in [0.15, 0.2) is 0 Å². The van der Waals surface area contributed by atoms with Gasteiger partial charge in [0.25, 0.3) is 0 Å². The zero-order valence-corrected chi connectivity index (χ0v) is 10.4. The van der Waals surface area contributed by atoms with Crippen molar-refractivity contribution in [1.29, 1.82) is 0 Å². The maximum atomic E-state index is 11.0. The average molecular weight is 250 g/mol. The van der Waals surface area contributed by atoms with E-state index >= 15 is 0 Å². The van der Waals surface area contributed by atoms with Crippen LogP contribution in [0.25, 0.3) is 11.3 Å². The summed E-state index contributed by atoms with van der Waals surface area (Å²) in [5, 5.41) is 4.34. The molecule has 0 saturated carbocycles. The summed E-state index contributed by atoms with van der Waals surface area (Å²) in [6, 6.07) is 11.7. The smallest absolute Gasteiger partial charge is 0.149 e. The van der Waals surface area contributed by atoms with Crippen LogP contribution in [-0.2, 0) is 16.4 Å². The predicted molar refractivity (Wildman–Crippen MR) is 67.4 cm³/mol. The van der Waals surface area contributed by atoms with Crippen LogP contribution in [0.5, 0.6) is 0 Å². The topological polar surface area (TPSA) is 52.0 Å². The van der Waals surface area contributed by atoms with Crippen molar-refractivity contribution in [3.63, 3.8) is 0 Å². The van der Waals surface area contributed by atoms with Crippen LogP contribution < -0.4 is 0 Å². The number of aromatic nitrogens is 2. The van der Waals surface area contributed by atoms with Gasteiger partial charge in [0.1, 0.15) is 9.84 Å². The minimum absolute atomic E-state index is 0.114. The number of benzene rings is 1. The van der Waals surface area contributed by atoms with Crippen molar-refractivity contribution < 1.29 is 8.42 Å². The van der Waals surface area contributed by atoms with Crippen LogP contribution in [0.15, 0.2) is 42.6 Å². The van der Waals surface area contributed by atoms with Crippen molar-refractivity contribution in [2.45, 2.75) is 6.54 Å². The lowest BCUT2D eigenvalue weighted by molar-refractivity contribution is 0.586. The van der Waals surface area contributed by atoms with Gasteiger partial charge in [-0.3, -0.25) is 4.68 Å². The molecule has 0 spiro atoms. The van der Waals surface area contributed by atoms with Crippen molar-refractivity contribution in [2.24, 2.45) is 0 Å². The van der Waals surface area contributed by atoms with Crippen LogP contribution >= 0.6 is 0 Å². The van der Waals surface area contributed by atoms with Gasteiger partial charge in [0, 0.05) is 18.0 Å². The van der Waals surface area contributed by atoms with E-state index in [0.29, 0.717) is 6.54 Å². The molecule has 0 saturated heterocycles. The Morgan fingerprint density at radius 3 is 2.53 bits per heavy atom. The number of nitrogens with zero attached hydrogens (tertiary/aromatic N) is 2. The molecule has 0 N–H and O–H groups in total. The van der Waals surface area contributed by atoms with Crippen LogP contribution in [0, 0.1) is 0 Å². The number of hydrogen-bond donors (Lipinski definition) is 0. The summed E-state index contributed by atoms with van der Waals surface area (Å²) >= 11 is 0. The Morgan fingerprint density at radius 2 is 1.88 bits per heavy atom. The summed E-state index contributed by atoms with van der Waals surface area (Å²) in [6.07, 6.45) is 3.03. The van der Waals surface area contributed by atoms with Gasteiger partial charge in [-0.1, -0.05) is 30.3 Å². The lowest BCUT2D eigenvalue weighted by atomic mass is 10.2. The monoisotopic (exact) mass is 250 g/mol. The molecule has 90 valence electrons. The molecule has 0 fully saturated rings. The highest BCUT2D eigenvalue weighted by atomic mass is 32.2. The first-order chi connectivity index (χ1) is 8.04. The highest BCUT2D eigenvalue weighted by Gasteiger charge is 2.05. The third-order valence-electron chi connectivity index (χ3n) is 2.40. The van der Waals surface area contributed by atoms with Gasteiger partial charge < -0.3 is 0 Å². The minimum atomic E-state index is -2.94. The molecule has 1 aromatic heterocycles. The molecular weight excluding hydrogens is 236 g/mol. The van der Waals surface area contributed by atoms with Crippen LogP contribution in [0.1, 0.15) is 0 Å². The zero-order chi connectivity index (χ0) is 12.3. The molecule has 0 aliphatic heterocycles. The number of rotatable bonds is 4. The fourth-order valence-electron chi connectivity index (χ4n) is 1.51. The molecule has 2 rings (SSSR count). The van der Waals surface area contributed by atoms with Crippen LogP contribution in [0.2, 0.25) is 0 Å². The molecule has 2 aromatic rings. The van der Waals surface area contributed by atoms with Crippen molar-refractivity contribution in [2.75, 3.05) is 12.0 Å². The molecule has 4 nitrogen and oxygen atoms in total. The minimum Gasteiger partial charge on any atom is -0.271 e. The van der Waals surface area contributed by atoms with E-state index in [1.54, 1.807) is 10.9 Å². The standard InChI is InChI=1S/C12H14N2O2S/c1-17(15,16)10-9-14-8-7-12(13-14)11-5-3-2-4-6-11/h2-8H,9-10H2,1H3. The van der Waals surface area contributed by atoms with E-state index in [0.717, 1.165) is 11.3 Å². The van der Waals surface area contributed by atoms with E-state index in [1.165, 1.54) is 6.26 Å². The van der Waals surface area contributed by atoms with Crippen molar-refractivity contribution in [1.82, 2.24) is 9.78 Å². The predicted octanol–water partition coefficient (Wildman–Crippen LogP) is 1.59. The lowest BCUT2D eigenvalue weighted by Gasteiger charge is -1.99. The Labute approximate surface area is 101 Å². The van der Waals surface area contributed by atoms with E-state index in [4.69, 9.17) is 0 Å². The molecule has 1 heterocycles. The molecule has 0 unspecified atom stereocenters. The van der Waals surface area contributed by atoms with Gasteiger partial charge in [-0.05, 0) is 6.07 Å². The third-order valence-corrected chi connectivity index (χ3v) is 3.33. The van der Waals surface area contributed by atoms with Crippen LogP contribution in [0.3, 0.4) is 0 Å². The molecule has 0 aliphatic carbocycles. The van der Waals surface area contributed by atoms with E-state index in [-0.39, 0.29) is 5.75 Å². The quantitative estimate of drug-likeness (QED) is 0.828. The first-order valence-corrected chi connectivity index (χ1v) is 7.37. The first-order valence-electron chi connectivity index (χ1n) is 5.31. The maximum Gasteiger partial charge on any atom is 0.149 e. The van der Waals surface area contributed by atoms with E-state index < -0.39 is 9.84 Å². The van der Waals surface area contributed by atoms with Crippen molar-refractivity contribution in [3.8, 4) is 11.3 Å². The van der Waals surface area contributed by atoms with Crippen molar-refractivity contribution >= 4 is 9.84 Å². The Hall–Kier alpha value is -1.62. The fraction of sp³-hybridized carbons (Fsp3) is 0.250. The molecule has 5 heteroatoms. The highest BCUT2D eigenvalue weighted by molar-refractivity contribution is 7.90. The zero-order valence-electron chi connectivity index (χ0n) is 9.57. The Morgan fingerprint density at radius 1 is 1.18 bits per heavy atom. The van der Waals surface area contributed by atoms with Crippen LogP contribution in [0.4, 0.5) is 0 Å². The van der Waals surface area contributed by atoms with Crippen molar-refractivity contribution in [3.05, 3.63) is 42.6 Å². The Kier molecular flexibility index (Phi) is 3.28. The van der Waals surface area contributed by atoms with E-state index in [9.17, 15) is 8.42 Å². The summed E-state index contributed by atoms with van der Waals surface area (Å²) in [7, 11) is -2.94. The van der Waals surface area contributed by atoms with Gasteiger partial charge in [-0.15, -0.1) is 0 Å². The second-order valence-corrected chi connectivity index (χ2v) is 6.22. The first kappa shape index (κ1) is 11.9. The fourth-order valence-corrected chi connectivity index (χ4v) is 2.03. The van der Waals surface area contributed by atoms with Gasteiger partial charge in [0.05, 0.1) is 18.0 Å². The van der Waals surface area contributed by atoms with Gasteiger partial charge >= 0.3 is 0 Å². The number of sulfone groups is 1. The molecule has 0 amide bonds. The second-order valence-electron chi connectivity index (χ2n) is 3.96. The van der Waals surface area contributed by atoms with Gasteiger partial charge in [0.2, 0.25) is 0 Å². The summed E-state index contributed by atoms with van der Waals surface area (Å²) in [6.45, 7) is 0.395. The number of hydrogen-bond acceptors (Lipinski definition) is 3. The SMILES string of the molecule is CS(=O)(=O)CCn1ccc(-c2ccccc2)n1. The second kappa shape index (κ2) is 4.71.